The highest BCUT2D eigenvalue weighted by atomic mass is 16.2. The van der Waals surface area contributed by atoms with Gasteiger partial charge in [0.15, 0.2) is 0 Å². The number of aromatic nitrogens is 2. The van der Waals surface area contributed by atoms with Gasteiger partial charge < -0.3 is 10.2 Å². The minimum atomic E-state index is -0.535. The molecule has 18 heavy (non-hydrogen) atoms. The summed E-state index contributed by atoms with van der Waals surface area (Å²) in [5.41, 5.74) is 0. The van der Waals surface area contributed by atoms with Crippen molar-refractivity contribution in [3.63, 3.8) is 0 Å². The highest BCUT2D eigenvalue weighted by Crippen LogP contribution is 2.16. The molecule has 0 aliphatic carbocycles. The Morgan fingerprint density at radius 1 is 1.44 bits per heavy atom. The van der Waals surface area contributed by atoms with E-state index in [9.17, 15) is 9.59 Å². The summed E-state index contributed by atoms with van der Waals surface area (Å²) in [7, 11) is 5.14. The molecule has 1 unspecified atom stereocenters. The average Bonchev–Trinajstić information content (AvgIpc) is 2.57. The van der Waals surface area contributed by atoms with Gasteiger partial charge in [0.1, 0.15) is 11.9 Å². The molecule has 1 aliphatic heterocycles. The third kappa shape index (κ3) is 2.24. The Hall–Kier alpha value is -2.18. The summed E-state index contributed by atoms with van der Waals surface area (Å²) in [6, 6.07) is 1.13. The highest BCUT2D eigenvalue weighted by molar-refractivity contribution is 6.06. The molecule has 96 valence electrons. The van der Waals surface area contributed by atoms with Crippen LogP contribution in [0.5, 0.6) is 0 Å². The van der Waals surface area contributed by atoms with E-state index >= 15 is 0 Å². The van der Waals surface area contributed by atoms with Crippen molar-refractivity contribution in [2.75, 3.05) is 31.4 Å². The van der Waals surface area contributed by atoms with Crippen LogP contribution in [0.15, 0.2) is 12.3 Å². The molecule has 2 heterocycles. The molecule has 1 aliphatic rings. The molecule has 2 amide bonds. The van der Waals surface area contributed by atoms with Crippen molar-refractivity contribution >= 4 is 23.6 Å². The molecule has 2 rings (SSSR count). The Kier molecular flexibility index (Phi) is 3.14. The first-order valence-electron chi connectivity index (χ1n) is 5.56. The summed E-state index contributed by atoms with van der Waals surface area (Å²) in [6.45, 7) is 0. The van der Waals surface area contributed by atoms with Crippen molar-refractivity contribution in [1.82, 2.24) is 14.9 Å². The summed E-state index contributed by atoms with van der Waals surface area (Å²) in [4.78, 5) is 34.3. The van der Waals surface area contributed by atoms with Crippen LogP contribution in [0.25, 0.3) is 0 Å². The predicted octanol–water partition coefficient (Wildman–Crippen LogP) is -0.288. The van der Waals surface area contributed by atoms with Crippen LogP contribution in [0.4, 0.5) is 11.8 Å². The van der Waals surface area contributed by atoms with Gasteiger partial charge in [0.2, 0.25) is 11.9 Å². The van der Waals surface area contributed by atoms with E-state index in [0.29, 0.717) is 11.8 Å². The molecule has 0 saturated carbocycles. The minimum Gasteiger partial charge on any atom is -0.358 e. The van der Waals surface area contributed by atoms with Crippen LogP contribution in [0.3, 0.4) is 0 Å². The van der Waals surface area contributed by atoms with Crippen LogP contribution in [0, 0.1) is 0 Å². The van der Waals surface area contributed by atoms with Crippen LogP contribution in [0.2, 0.25) is 0 Å². The summed E-state index contributed by atoms with van der Waals surface area (Å²) in [6.07, 6.45) is 1.77. The van der Waals surface area contributed by atoms with E-state index in [1.54, 1.807) is 17.2 Å². The van der Waals surface area contributed by atoms with E-state index in [0.717, 1.165) is 4.90 Å². The monoisotopic (exact) mass is 249 g/mol. The van der Waals surface area contributed by atoms with Crippen molar-refractivity contribution in [2.24, 2.45) is 0 Å². The van der Waals surface area contributed by atoms with Gasteiger partial charge in [-0.2, -0.15) is 4.98 Å². The number of likely N-dealkylation sites (tertiary alicyclic amines) is 1. The predicted molar refractivity (Wildman–Crippen MR) is 66.2 cm³/mol. The van der Waals surface area contributed by atoms with Gasteiger partial charge in [-0.05, 0) is 6.07 Å². The Morgan fingerprint density at radius 3 is 2.72 bits per heavy atom. The van der Waals surface area contributed by atoms with Gasteiger partial charge in [-0.25, -0.2) is 4.98 Å². The van der Waals surface area contributed by atoms with Gasteiger partial charge in [0.05, 0.1) is 6.42 Å². The average molecular weight is 249 g/mol. The number of nitrogens with one attached hydrogen (secondary N) is 1. The topological polar surface area (TPSA) is 78.4 Å². The number of carbonyl (C=O) groups excluding carboxylic acids is 2. The fourth-order valence-electron chi connectivity index (χ4n) is 1.69. The van der Waals surface area contributed by atoms with Gasteiger partial charge in [0, 0.05) is 27.3 Å². The Labute approximate surface area is 105 Å². The van der Waals surface area contributed by atoms with Crippen LogP contribution in [-0.4, -0.2) is 53.9 Å². The van der Waals surface area contributed by atoms with Crippen LogP contribution in [-0.2, 0) is 9.59 Å². The summed E-state index contributed by atoms with van der Waals surface area (Å²) in [5.74, 6) is 0.671. The quantitative estimate of drug-likeness (QED) is 0.742. The van der Waals surface area contributed by atoms with Gasteiger partial charge in [0.25, 0.3) is 5.91 Å². The first kappa shape index (κ1) is 12.3. The number of imide groups is 1. The number of amides is 2. The van der Waals surface area contributed by atoms with E-state index < -0.39 is 6.04 Å². The van der Waals surface area contributed by atoms with Crippen molar-refractivity contribution in [3.05, 3.63) is 12.3 Å². The lowest BCUT2D eigenvalue weighted by Gasteiger charge is -2.14. The first-order chi connectivity index (χ1) is 8.49. The van der Waals surface area contributed by atoms with Crippen molar-refractivity contribution in [2.45, 2.75) is 12.5 Å². The third-order valence-electron chi connectivity index (χ3n) is 2.75. The molecule has 1 fully saturated rings. The highest BCUT2D eigenvalue weighted by Gasteiger charge is 2.36. The summed E-state index contributed by atoms with van der Waals surface area (Å²) in [5, 5.41) is 2.96. The largest absolute Gasteiger partial charge is 0.358 e. The molecule has 7 heteroatoms. The van der Waals surface area contributed by atoms with E-state index in [2.05, 4.69) is 15.3 Å². The van der Waals surface area contributed by atoms with Gasteiger partial charge in [-0.1, -0.05) is 0 Å². The molecule has 7 nitrogen and oxygen atoms in total. The number of nitrogens with zero attached hydrogens (tertiary/aromatic N) is 4. The normalized spacial score (nSPS) is 19.3. The smallest absolute Gasteiger partial charge is 0.251 e. The van der Waals surface area contributed by atoms with E-state index in [1.165, 1.54) is 7.05 Å². The zero-order valence-electron chi connectivity index (χ0n) is 10.5. The molecule has 1 atom stereocenters. The summed E-state index contributed by atoms with van der Waals surface area (Å²) < 4.78 is 0. The van der Waals surface area contributed by atoms with Crippen molar-refractivity contribution < 1.29 is 9.59 Å². The van der Waals surface area contributed by atoms with Crippen LogP contribution < -0.4 is 10.2 Å². The zero-order chi connectivity index (χ0) is 13.3. The van der Waals surface area contributed by atoms with E-state index in [4.69, 9.17) is 0 Å². The minimum absolute atomic E-state index is 0.163. The standard InChI is InChI=1S/C11H15N5O2/c1-15(2)11-12-5-4-8(14-11)13-7-6-9(17)16(3)10(7)18/h4-5,7H,6H2,1-3H3,(H,12,13,14). The SMILES string of the molecule is CN1C(=O)CC(Nc2ccnc(N(C)C)n2)C1=O. The molecule has 1 saturated heterocycles. The maximum Gasteiger partial charge on any atom is 0.251 e. The number of likely N-dealkylation sites (N-methyl/N-ethyl adjacent to an activating group) is 1. The Balaban J connectivity index is 2.13. The second-order valence-corrected chi connectivity index (χ2v) is 4.33. The molecule has 1 aromatic rings. The zero-order valence-corrected chi connectivity index (χ0v) is 10.5. The number of anilines is 2. The fraction of sp³-hybridized carbons (Fsp3) is 0.455. The molecule has 0 aromatic carbocycles. The number of hydrogen-bond donors (Lipinski definition) is 1. The Morgan fingerprint density at radius 2 is 2.17 bits per heavy atom. The second-order valence-electron chi connectivity index (χ2n) is 4.33. The maximum atomic E-state index is 11.7. The lowest BCUT2D eigenvalue weighted by Crippen LogP contribution is -2.32. The van der Waals surface area contributed by atoms with Gasteiger partial charge >= 0.3 is 0 Å². The maximum absolute atomic E-state index is 11.7. The fourth-order valence-corrected chi connectivity index (χ4v) is 1.69. The molecular weight excluding hydrogens is 234 g/mol. The number of carbonyl (C=O) groups is 2. The molecule has 0 radical (unpaired) electrons. The van der Waals surface area contributed by atoms with Crippen molar-refractivity contribution in [3.8, 4) is 0 Å². The van der Waals surface area contributed by atoms with Gasteiger partial charge in [-0.15, -0.1) is 0 Å². The number of hydrogen-bond acceptors (Lipinski definition) is 6. The van der Waals surface area contributed by atoms with Crippen LogP contribution >= 0.6 is 0 Å². The van der Waals surface area contributed by atoms with E-state index in [1.807, 2.05) is 14.1 Å². The lowest BCUT2D eigenvalue weighted by atomic mass is 10.2. The Bertz CT molecular complexity index is 488. The van der Waals surface area contributed by atoms with Crippen molar-refractivity contribution in [1.29, 1.82) is 0 Å². The van der Waals surface area contributed by atoms with Gasteiger partial charge in [-0.3, -0.25) is 14.5 Å². The first-order valence-corrected chi connectivity index (χ1v) is 5.56. The van der Waals surface area contributed by atoms with E-state index in [-0.39, 0.29) is 18.2 Å². The third-order valence-corrected chi connectivity index (χ3v) is 2.75. The van der Waals surface area contributed by atoms with Crippen LogP contribution in [0.1, 0.15) is 6.42 Å². The molecule has 0 bridgehead atoms. The molecular formula is C11H15N5O2. The molecule has 1 N–H and O–H groups in total. The second kappa shape index (κ2) is 4.59. The lowest BCUT2D eigenvalue weighted by molar-refractivity contribution is -0.136. The molecule has 1 aromatic heterocycles. The number of rotatable bonds is 3. The molecule has 0 spiro atoms. The summed E-state index contributed by atoms with van der Waals surface area (Å²) >= 11 is 0.